The Hall–Kier alpha value is -0.680. The van der Waals surface area contributed by atoms with Gasteiger partial charge in [0.1, 0.15) is 5.69 Å². The van der Waals surface area contributed by atoms with Crippen molar-refractivity contribution in [2.75, 3.05) is 13.2 Å². The van der Waals surface area contributed by atoms with E-state index in [1.165, 1.54) is 0 Å². The molecule has 0 aromatic carbocycles. The summed E-state index contributed by atoms with van der Waals surface area (Å²) in [5.74, 6) is 0.148. The molecule has 1 aromatic heterocycles. The lowest BCUT2D eigenvalue weighted by Crippen LogP contribution is -2.27. The van der Waals surface area contributed by atoms with Crippen LogP contribution in [0.5, 0.6) is 0 Å². The maximum atomic E-state index is 12.4. The van der Waals surface area contributed by atoms with E-state index in [0.29, 0.717) is 12.3 Å². The van der Waals surface area contributed by atoms with Crippen LogP contribution in [0.4, 0.5) is 0 Å². The van der Waals surface area contributed by atoms with Gasteiger partial charge >= 0.3 is 0 Å². The number of aromatic nitrogens is 2. The highest BCUT2D eigenvalue weighted by molar-refractivity contribution is 9.10. The number of ether oxygens (including phenoxy) is 1. The highest BCUT2D eigenvalue weighted by Gasteiger charge is 2.27. The van der Waals surface area contributed by atoms with E-state index in [1.54, 1.807) is 10.9 Å². The smallest absolute Gasteiger partial charge is 0.187 e. The van der Waals surface area contributed by atoms with Crippen LogP contribution in [0.3, 0.4) is 0 Å². The molecule has 1 saturated heterocycles. The number of hydrogen-bond donors (Lipinski definition) is 0. The molecule has 17 heavy (non-hydrogen) atoms. The summed E-state index contributed by atoms with van der Waals surface area (Å²) >= 11 is 3.41. The molecular weight excluding hydrogens is 284 g/mol. The van der Waals surface area contributed by atoms with E-state index in [2.05, 4.69) is 28.0 Å². The number of halogens is 1. The predicted octanol–water partition coefficient (Wildman–Crippen LogP) is 2.66. The van der Waals surface area contributed by atoms with Crippen LogP contribution in [0.15, 0.2) is 10.7 Å². The Balaban J connectivity index is 2.19. The van der Waals surface area contributed by atoms with Gasteiger partial charge in [0.15, 0.2) is 5.78 Å². The standard InChI is InChI=1S/C12H17BrN2O2/c1-2-5-15-11(10(13)7-14-15)12(16)9-4-3-6-17-8-9/h7,9H,2-6,8H2,1H3. The first-order chi connectivity index (χ1) is 8.24. The van der Waals surface area contributed by atoms with Gasteiger partial charge in [-0.3, -0.25) is 9.48 Å². The molecule has 1 aromatic rings. The maximum Gasteiger partial charge on any atom is 0.187 e. The fourth-order valence-electron chi connectivity index (χ4n) is 2.13. The zero-order valence-electron chi connectivity index (χ0n) is 9.99. The fraction of sp³-hybridized carbons (Fsp3) is 0.667. The van der Waals surface area contributed by atoms with Crippen LogP contribution in [-0.2, 0) is 11.3 Å². The van der Waals surface area contributed by atoms with Crippen LogP contribution in [0, 0.1) is 5.92 Å². The van der Waals surface area contributed by atoms with Crippen LogP contribution in [0.25, 0.3) is 0 Å². The molecule has 1 aliphatic heterocycles. The third-order valence-corrected chi connectivity index (χ3v) is 3.58. The third kappa shape index (κ3) is 2.77. The number of carbonyl (C=O) groups excluding carboxylic acids is 1. The number of hydrogen-bond acceptors (Lipinski definition) is 3. The van der Waals surface area contributed by atoms with E-state index >= 15 is 0 Å². The number of ketones is 1. The Labute approximate surface area is 109 Å². The summed E-state index contributed by atoms with van der Waals surface area (Å²) in [6, 6.07) is 0. The molecule has 0 saturated carbocycles. The van der Waals surface area contributed by atoms with Crippen molar-refractivity contribution in [1.82, 2.24) is 9.78 Å². The van der Waals surface area contributed by atoms with E-state index in [1.807, 2.05) is 0 Å². The van der Waals surface area contributed by atoms with E-state index in [9.17, 15) is 4.79 Å². The summed E-state index contributed by atoms with van der Waals surface area (Å²) in [6.45, 7) is 4.18. The number of carbonyl (C=O) groups is 1. The van der Waals surface area contributed by atoms with Gasteiger partial charge in [0.2, 0.25) is 0 Å². The Morgan fingerprint density at radius 3 is 3.18 bits per heavy atom. The Kier molecular flexibility index (Phi) is 4.34. The molecule has 4 nitrogen and oxygen atoms in total. The van der Waals surface area contributed by atoms with Crippen LogP contribution in [0.1, 0.15) is 36.7 Å². The van der Waals surface area contributed by atoms with Gasteiger partial charge in [-0.15, -0.1) is 0 Å². The van der Waals surface area contributed by atoms with Crippen molar-refractivity contribution < 1.29 is 9.53 Å². The Bertz CT molecular complexity index is 397. The fourth-order valence-corrected chi connectivity index (χ4v) is 2.62. The average molecular weight is 301 g/mol. The second kappa shape index (κ2) is 5.78. The SMILES string of the molecule is CCCn1ncc(Br)c1C(=O)C1CCCOC1. The Morgan fingerprint density at radius 2 is 2.53 bits per heavy atom. The molecule has 2 rings (SSSR count). The summed E-state index contributed by atoms with van der Waals surface area (Å²) in [7, 11) is 0. The van der Waals surface area contributed by atoms with Crippen LogP contribution >= 0.6 is 15.9 Å². The topological polar surface area (TPSA) is 44.1 Å². The van der Waals surface area contributed by atoms with E-state index in [0.717, 1.165) is 36.9 Å². The molecule has 0 radical (unpaired) electrons. The average Bonchev–Trinajstić information content (AvgIpc) is 2.71. The summed E-state index contributed by atoms with van der Waals surface area (Å²) in [5, 5.41) is 4.23. The molecule has 0 aliphatic carbocycles. The molecule has 0 amide bonds. The number of aryl methyl sites for hydroxylation is 1. The van der Waals surface area contributed by atoms with Crippen molar-refractivity contribution in [2.24, 2.45) is 5.92 Å². The lowest BCUT2D eigenvalue weighted by atomic mass is 9.95. The first-order valence-electron chi connectivity index (χ1n) is 6.07. The number of Topliss-reactive ketones (excluding diaryl/α,β-unsaturated/α-hetero) is 1. The second-order valence-electron chi connectivity index (χ2n) is 4.34. The largest absolute Gasteiger partial charge is 0.381 e. The number of nitrogens with zero attached hydrogens (tertiary/aromatic N) is 2. The van der Waals surface area contributed by atoms with Crippen LogP contribution in [-0.4, -0.2) is 28.8 Å². The quantitative estimate of drug-likeness (QED) is 0.803. The van der Waals surface area contributed by atoms with Gasteiger partial charge in [0.05, 0.1) is 17.3 Å². The summed E-state index contributed by atoms with van der Waals surface area (Å²) in [5.41, 5.74) is 0.697. The van der Waals surface area contributed by atoms with Crippen molar-refractivity contribution in [3.8, 4) is 0 Å². The molecule has 1 fully saturated rings. The molecule has 1 atom stereocenters. The Morgan fingerprint density at radius 1 is 1.71 bits per heavy atom. The molecule has 1 unspecified atom stereocenters. The monoisotopic (exact) mass is 300 g/mol. The molecule has 0 spiro atoms. The predicted molar refractivity (Wildman–Crippen MR) is 68.1 cm³/mol. The van der Waals surface area contributed by atoms with E-state index < -0.39 is 0 Å². The molecule has 1 aliphatic rings. The molecule has 94 valence electrons. The van der Waals surface area contributed by atoms with Gasteiger partial charge in [-0.05, 0) is 35.2 Å². The van der Waals surface area contributed by atoms with Gasteiger partial charge in [-0.25, -0.2) is 0 Å². The molecule has 5 heteroatoms. The second-order valence-corrected chi connectivity index (χ2v) is 5.20. The summed E-state index contributed by atoms with van der Waals surface area (Å²) in [4.78, 5) is 12.4. The minimum absolute atomic E-state index is 0.00708. The van der Waals surface area contributed by atoms with Crippen molar-refractivity contribution in [2.45, 2.75) is 32.7 Å². The van der Waals surface area contributed by atoms with Gasteiger partial charge in [0, 0.05) is 19.1 Å². The normalized spacial score (nSPS) is 20.5. The maximum absolute atomic E-state index is 12.4. The van der Waals surface area contributed by atoms with Gasteiger partial charge in [-0.2, -0.15) is 5.10 Å². The highest BCUT2D eigenvalue weighted by Crippen LogP contribution is 2.24. The van der Waals surface area contributed by atoms with Crippen LogP contribution < -0.4 is 0 Å². The van der Waals surface area contributed by atoms with Gasteiger partial charge in [-0.1, -0.05) is 6.92 Å². The zero-order chi connectivity index (χ0) is 12.3. The summed E-state index contributed by atoms with van der Waals surface area (Å²) < 4.78 is 7.96. The number of rotatable bonds is 4. The zero-order valence-corrected chi connectivity index (χ0v) is 11.6. The highest BCUT2D eigenvalue weighted by atomic mass is 79.9. The first-order valence-corrected chi connectivity index (χ1v) is 6.86. The van der Waals surface area contributed by atoms with E-state index in [-0.39, 0.29) is 11.7 Å². The van der Waals surface area contributed by atoms with E-state index in [4.69, 9.17) is 4.74 Å². The lowest BCUT2D eigenvalue weighted by molar-refractivity contribution is 0.0453. The van der Waals surface area contributed by atoms with Crippen molar-refractivity contribution in [1.29, 1.82) is 0 Å². The molecule has 0 N–H and O–H groups in total. The lowest BCUT2D eigenvalue weighted by Gasteiger charge is -2.21. The van der Waals surface area contributed by atoms with Crippen molar-refractivity contribution >= 4 is 21.7 Å². The van der Waals surface area contributed by atoms with Gasteiger partial charge < -0.3 is 4.74 Å². The van der Waals surface area contributed by atoms with Crippen molar-refractivity contribution in [3.05, 3.63) is 16.4 Å². The molecule has 2 heterocycles. The molecule has 0 bridgehead atoms. The third-order valence-electron chi connectivity index (χ3n) is 2.99. The van der Waals surface area contributed by atoms with Gasteiger partial charge in [0.25, 0.3) is 0 Å². The minimum Gasteiger partial charge on any atom is -0.381 e. The summed E-state index contributed by atoms with van der Waals surface area (Å²) in [6.07, 6.45) is 4.56. The first kappa shape index (κ1) is 12.8. The minimum atomic E-state index is -0.00708. The van der Waals surface area contributed by atoms with Crippen molar-refractivity contribution in [3.63, 3.8) is 0 Å². The molecular formula is C12H17BrN2O2. The van der Waals surface area contributed by atoms with Crippen LogP contribution in [0.2, 0.25) is 0 Å².